The van der Waals surface area contributed by atoms with Crippen molar-refractivity contribution in [3.63, 3.8) is 0 Å². The molecule has 5 nitrogen and oxygen atoms in total. The van der Waals surface area contributed by atoms with Crippen molar-refractivity contribution >= 4 is 45.9 Å². The molecule has 0 aromatic heterocycles. The van der Waals surface area contributed by atoms with E-state index >= 15 is 0 Å². The zero-order chi connectivity index (χ0) is 16.9. The molecule has 0 saturated carbocycles. The lowest BCUT2D eigenvalue weighted by Crippen LogP contribution is -2.38. The van der Waals surface area contributed by atoms with Crippen LogP contribution in [0.3, 0.4) is 0 Å². The first kappa shape index (κ1) is 23.6. The predicted octanol–water partition coefficient (Wildman–Crippen LogP) is 3.52. The van der Waals surface area contributed by atoms with E-state index in [9.17, 15) is 0 Å². The smallest absolute Gasteiger partial charge is 0.193 e. The van der Waals surface area contributed by atoms with E-state index in [4.69, 9.17) is 9.47 Å². The molecule has 1 N–H and O–H groups in total. The van der Waals surface area contributed by atoms with E-state index < -0.39 is 0 Å². The second kappa shape index (κ2) is 14.9. The van der Waals surface area contributed by atoms with Crippen LogP contribution in [0, 0.1) is 0 Å². The minimum absolute atomic E-state index is 0. The highest BCUT2D eigenvalue weighted by Crippen LogP contribution is 2.17. The molecule has 1 aromatic carbocycles. The van der Waals surface area contributed by atoms with Gasteiger partial charge in [0, 0.05) is 44.9 Å². The van der Waals surface area contributed by atoms with Crippen LogP contribution < -0.4 is 5.32 Å². The molecule has 0 amide bonds. The summed E-state index contributed by atoms with van der Waals surface area (Å²) in [5.41, 5.74) is 1.24. The number of methoxy groups -OCH3 is 1. The fourth-order valence-electron chi connectivity index (χ4n) is 2.02. The maximum atomic E-state index is 5.45. The van der Waals surface area contributed by atoms with Crippen molar-refractivity contribution in [3.05, 3.63) is 34.3 Å². The van der Waals surface area contributed by atoms with E-state index in [0.717, 1.165) is 36.5 Å². The first-order valence-corrected chi connectivity index (χ1v) is 8.77. The SMILES string of the molecule is CCNC(=NCCCOCCOC)N(C)Cc1ccccc1Br.I. The maximum absolute atomic E-state index is 5.45. The van der Waals surface area contributed by atoms with Gasteiger partial charge in [-0.25, -0.2) is 0 Å². The molecule has 138 valence electrons. The molecule has 0 heterocycles. The van der Waals surface area contributed by atoms with Gasteiger partial charge in [0.15, 0.2) is 5.96 Å². The Bertz CT molecular complexity index is 475. The van der Waals surface area contributed by atoms with Gasteiger partial charge in [-0.05, 0) is 25.0 Å². The van der Waals surface area contributed by atoms with Gasteiger partial charge in [-0.2, -0.15) is 0 Å². The van der Waals surface area contributed by atoms with E-state index in [1.54, 1.807) is 7.11 Å². The third kappa shape index (κ3) is 9.80. The molecule has 0 saturated heterocycles. The Labute approximate surface area is 171 Å². The van der Waals surface area contributed by atoms with Crippen LogP contribution in [0.4, 0.5) is 0 Å². The first-order chi connectivity index (χ1) is 11.2. The van der Waals surface area contributed by atoms with Gasteiger partial charge in [0.1, 0.15) is 0 Å². The Morgan fingerprint density at radius 3 is 2.67 bits per heavy atom. The molecule has 0 aliphatic heterocycles. The van der Waals surface area contributed by atoms with Gasteiger partial charge in [0.05, 0.1) is 13.2 Å². The molecule has 0 unspecified atom stereocenters. The van der Waals surface area contributed by atoms with Crippen molar-refractivity contribution < 1.29 is 9.47 Å². The summed E-state index contributed by atoms with van der Waals surface area (Å²) in [5, 5.41) is 3.33. The third-order valence-electron chi connectivity index (χ3n) is 3.20. The molecule has 24 heavy (non-hydrogen) atoms. The van der Waals surface area contributed by atoms with Crippen molar-refractivity contribution in [2.45, 2.75) is 19.9 Å². The number of hydrogen-bond acceptors (Lipinski definition) is 3. The molecule has 7 heteroatoms. The van der Waals surface area contributed by atoms with Crippen LogP contribution in [0.25, 0.3) is 0 Å². The monoisotopic (exact) mass is 513 g/mol. The summed E-state index contributed by atoms with van der Waals surface area (Å²) in [7, 11) is 3.73. The lowest BCUT2D eigenvalue weighted by molar-refractivity contribution is 0.0702. The Balaban J connectivity index is 0.00000529. The zero-order valence-corrected chi connectivity index (χ0v) is 18.7. The number of nitrogens with one attached hydrogen (secondary N) is 1. The summed E-state index contributed by atoms with van der Waals surface area (Å²) in [6.45, 7) is 6.47. The minimum atomic E-state index is 0. The highest BCUT2D eigenvalue weighted by Gasteiger charge is 2.08. The number of hydrogen-bond donors (Lipinski definition) is 1. The summed E-state index contributed by atoms with van der Waals surface area (Å²) in [5.74, 6) is 0.917. The van der Waals surface area contributed by atoms with Crippen LogP contribution in [-0.2, 0) is 16.0 Å². The highest BCUT2D eigenvalue weighted by molar-refractivity contribution is 14.0. The Hall–Kier alpha value is -0.380. The molecular weight excluding hydrogens is 485 g/mol. The predicted molar refractivity (Wildman–Crippen MR) is 114 cm³/mol. The fourth-order valence-corrected chi connectivity index (χ4v) is 2.43. The number of ether oxygens (including phenoxy) is 2. The molecular formula is C17H29BrIN3O2. The van der Waals surface area contributed by atoms with Gasteiger partial charge in [-0.3, -0.25) is 4.99 Å². The average Bonchev–Trinajstić information content (AvgIpc) is 2.55. The molecule has 0 fully saturated rings. The van der Waals surface area contributed by atoms with Gasteiger partial charge < -0.3 is 19.7 Å². The molecule has 0 aliphatic carbocycles. The number of halogens is 2. The van der Waals surface area contributed by atoms with Crippen LogP contribution in [0.1, 0.15) is 18.9 Å². The van der Waals surface area contributed by atoms with Crippen LogP contribution in [0.15, 0.2) is 33.7 Å². The van der Waals surface area contributed by atoms with Crippen LogP contribution >= 0.6 is 39.9 Å². The van der Waals surface area contributed by atoms with Crippen molar-refractivity contribution in [3.8, 4) is 0 Å². The van der Waals surface area contributed by atoms with E-state index in [0.29, 0.717) is 19.8 Å². The van der Waals surface area contributed by atoms with Gasteiger partial charge in [-0.15, -0.1) is 24.0 Å². The first-order valence-electron chi connectivity index (χ1n) is 7.98. The normalized spacial score (nSPS) is 11.1. The molecule has 1 rings (SSSR count). The van der Waals surface area contributed by atoms with Crippen LogP contribution in [0.2, 0.25) is 0 Å². The van der Waals surface area contributed by atoms with Gasteiger partial charge >= 0.3 is 0 Å². The highest BCUT2D eigenvalue weighted by atomic mass is 127. The lowest BCUT2D eigenvalue weighted by atomic mass is 10.2. The average molecular weight is 514 g/mol. The third-order valence-corrected chi connectivity index (χ3v) is 3.98. The quantitative estimate of drug-likeness (QED) is 0.225. The molecule has 1 aromatic rings. The number of aliphatic imine (C=N–C) groups is 1. The van der Waals surface area contributed by atoms with Crippen molar-refractivity contribution in [2.24, 2.45) is 4.99 Å². The number of benzene rings is 1. The van der Waals surface area contributed by atoms with E-state index in [-0.39, 0.29) is 24.0 Å². The second-order valence-electron chi connectivity index (χ2n) is 5.14. The van der Waals surface area contributed by atoms with Crippen molar-refractivity contribution in [1.29, 1.82) is 0 Å². The molecule has 0 aliphatic rings. The van der Waals surface area contributed by atoms with Gasteiger partial charge in [0.2, 0.25) is 0 Å². The van der Waals surface area contributed by atoms with E-state index in [1.807, 2.05) is 6.07 Å². The summed E-state index contributed by atoms with van der Waals surface area (Å²) in [6.07, 6.45) is 0.904. The number of nitrogens with zero attached hydrogens (tertiary/aromatic N) is 2. The Morgan fingerprint density at radius 1 is 1.25 bits per heavy atom. The van der Waals surface area contributed by atoms with E-state index in [2.05, 4.69) is 63.3 Å². The Morgan fingerprint density at radius 2 is 2.00 bits per heavy atom. The fraction of sp³-hybridized carbons (Fsp3) is 0.588. The van der Waals surface area contributed by atoms with Gasteiger partial charge in [-0.1, -0.05) is 34.1 Å². The number of guanidine groups is 1. The lowest BCUT2D eigenvalue weighted by Gasteiger charge is -2.22. The standard InChI is InChI=1S/C17H28BrN3O2.HI/c1-4-19-17(20-10-7-11-23-13-12-22-3)21(2)14-15-8-5-6-9-16(15)18;/h5-6,8-9H,4,7,10-14H2,1-3H3,(H,19,20);1H. The molecule has 0 radical (unpaired) electrons. The second-order valence-corrected chi connectivity index (χ2v) is 6.00. The summed E-state index contributed by atoms with van der Waals surface area (Å²) in [6, 6.07) is 8.25. The summed E-state index contributed by atoms with van der Waals surface area (Å²) < 4.78 is 11.5. The topological polar surface area (TPSA) is 46.1 Å². The molecule has 0 bridgehead atoms. The van der Waals surface area contributed by atoms with E-state index in [1.165, 1.54) is 5.56 Å². The van der Waals surface area contributed by atoms with Gasteiger partial charge in [0.25, 0.3) is 0 Å². The zero-order valence-electron chi connectivity index (χ0n) is 14.8. The van der Waals surface area contributed by atoms with Crippen molar-refractivity contribution in [1.82, 2.24) is 10.2 Å². The van der Waals surface area contributed by atoms with Crippen LogP contribution in [-0.4, -0.2) is 57.9 Å². The minimum Gasteiger partial charge on any atom is -0.382 e. The van der Waals surface area contributed by atoms with Crippen LogP contribution in [0.5, 0.6) is 0 Å². The molecule has 0 atom stereocenters. The number of rotatable bonds is 10. The Kier molecular flexibility index (Phi) is 14.7. The summed E-state index contributed by atoms with van der Waals surface area (Å²) in [4.78, 5) is 6.80. The largest absolute Gasteiger partial charge is 0.382 e. The maximum Gasteiger partial charge on any atom is 0.193 e. The summed E-state index contributed by atoms with van der Waals surface area (Å²) >= 11 is 3.59. The van der Waals surface area contributed by atoms with Crippen molar-refractivity contribution in [2.75, 3.05) is 47.1 Å². The molecule has 0 spiro atoms.